The van der Waals surface area contributed by atoms with Crippen molar-refractivity contribution in [3.05, 3.63) is 29.8 Å². The lowest BCUT2D eigenvalue weighted by Gasteiger charge is -2.03. The molecule has 0 aromatic carbocycles. The molecule has 2 aromatic rings. The van der Waals surface area contributed by atoms with Crippen LogP contribution in [0.3, 0.4) is 0 Å². The Morgan fingerprint density at radius 3 is 3.05 bits per heavy atom. The van der Waals surface area contributed by atoms with E-state index in [4.69, 9.17) is 5.11 Å². The smallest absolute Gasteiger partial charge is 0.354 e. The van der Waals surface area contributed by atoms with Crippen LogP contribution in [0, 0.1) is 0 Å². The summed E-state index contributed by atoms with van der Waals surface area (Å²) in [6.45, 7) is 3.33. The Balaban J connectivity index is 1.88. The maximum atomic E-state index is 10.7. The summed E-state index contributed by atoms with van der Waals surface area (Å²) in [6, 6.07) is 1.35. The van der Waals surface area contributed by atoms with Gasteiger partial charge in [-0.2, -0.15) is 0 Å². The highest BCUT2D eigenvalue weighted by Gasteiger charge is 2.06. The van der Waals surface area contributed by atoms with Gasteiger partial charge in [-0.25, -0.2) is 14.8 Å². The van der Waals surface area contributed by atoms with E-state index in [-0.39, 0.29) is 5.69 Å². The van der Waals surface area contributed by atoms with Gasteiger partial charge in [0, 0.05) is 31.9 Å². The van der Waals surface area contributed by atoms with Crippen LogP contribution >= 0.6 is 0 Å². The highest BCUT2D eigenvalue weighted by molar-refractivity contribution is 5.85. The van der Waals surface area contributed by atoms with Crippen molar-refractivity contribution < 1.29 is 9.90 Å². The van der Waals surface area contributed by atoms with Crippen LogP contribution in [-0.2, 0) is 13.0 Å². The zero-order valence-corrected chi connectivity index (χ0v) is 10.4. The molecule has 0 spiro atoms. The minimum Gasteiger partial charge on any atom is -0.477 e. The molecular weight excluding hydrogens is 248 g/mol. The second-order valence-electron chi connectivity index (χ2n) is 3.81. The van der Waals surface area contributed by atoms with E-state index in [1.807, 2.05) is 13.1 Å². The molecule has 0 aliphatic carbocycles. The van der Waals surface area contributed by atoms with Crippen molar-refractivity contribution in [2.75, 3.05) is 11.9 Å². The summed E-state index contributed by atoms with van der Waals surface area (Å²) in [4.78, 5) is 18.6. The van der Waals surface area contributed by atoms with E-state index >= 15 is 0 Å². The van der Waals surface area contributed by atoms with E-state index in [1.165, 1.54) is 12.3 Å². The second-order valence-corrected chi connectivity index (χ2v) is 3.81. The van der Waals surface area contributed by atoms with E-state index in [9.17, 15) is 4.79 Å². The van der Waals surface area contributed by atoms with Gasteiger partial charge in [0.15, 0.2) is 5.69 Å². The molecular formula is C11H14N6O2. The number of nitrogens with one attached hydrogen (secondary N) is 1. The van der Waals surface area contributed by atoms with Crippen LogP contribution in [0.2, 0.25) is 0 Å². The SMILES string of the molecule is CCn1cc(CCNc2nccc(C(=O)O)n2)nn1. The first-order valence-electron chi connectivity index (χ1n) is 5.88. The lowest BCUT2D eigenvalue weighted by atomic mass is 10.3. The predicted molar refractivity (Wildman–Crippen MR) is 66.9 cm³/mol. The number of anilines is 1. The van der Waals surface area contributed by atoms with Gasteiger partial charge >= 0.3 is 5.97 Å². The van der Waals surface area contributed by atoms with Crippen LogP contribution in [-0.4, -0.2) is 42.6 Å². The van der Waals surface area contributed by atoms with Crippen LogP contribution in [0.15, 0.2) is 18.5 Å². The van der Waals surface area contributed by atoms with Crippen LogP contribution in [0.25, 0.3) is 0 Å². The second kappa shape index (κ2) is 5.89. The average molecular weight is 262 g/mol. The fourth-order valence-corrected chi connectivity index (χ4v) is 1.47. The summed E-state index contributed by atoms with van der Waals surface area (Å²) >= 11 is 0. The largest absolute Gasteiger partial charge is 0.477 e. The first-order chi connectivity index (χ1) is 9.19. The van der Waals surface area contributed by atoms with Gasteiger partial charge in [0.1, 0.15) is 0 Å². The van der Waals surface area contributed by atoms with Gasteiger partial charge in [-0.3, -0.25) is 4.68 Å². The van der Waals surface area contributed by atoms with Gasteiger partial charge in [0.25, 0.3) is 0 Å². The molecule has 0 radical (unpaired) electrons. The van der Waals surface area contributed by atoms with Crippen LogP contribution in [0.4, 0.5) is 5.95 Å². The molecule has 0 aliphatic rings. The summed E-state index contributed by atoms with van der Waals surface area (Å²) < 4.78 is 1.75. The standard InChI is InChI=1S/C11H14N6O2/c1-2-17-7-8(15-16-17)3-5-12-11-13-6-4-9(14-11)10(18)19/h4,6-7H,2-3,5H2,1H3,(H,18,19)(H,12,13,14). The number of rotatable bonds is 6. The van der Waals surface area contributed by atoms with Gasteiger partial charge < -0.3 is 10.4 Å². The van der Waals surface area contributed by atoms with Crippen molar-refractivity contribution in [2.45, 2.75) is 19.9 Å². The first-order valence-corrected chi connectivity index (χ1v) is 5.88. The fourth-order valence-electron chi connectivity index (χ4n) is 1.47. The van der Waals surface area contributed by atoms with E-state index in [0.29, 0.717) is 18.9 Å². The average Bonchev–Trinajstić information content (AvgIpc) is 2.87. The number of aromatic carboxylic acids is 1. The molecule has 0 bridgehead atoms. The Bertz CT molecular complexity index is 568. The Hall–Kier alpha value is -2.51. The molecule has 0 aliphatic heterocycles. The van der Waals surface area contributed by atoms with Gasteiger partial charge in [-0.05, 0) is 13.0 Å². The van der Waals surface area contributed by atoms with E-state index in [2.05, 4.69) is 25.6 Å². The van der Waals surface area contributed by atoms with E-state index < -0.39 is 5.97 Å². The number of carbonyl (C=O) groups is 1. The van der Waals surface area contributed by atoms with Crippen molar-refractivity contribution in [1.82, 2.24) is 25.0 Å². The molecule has 8 heteroatoms. The number of hydrogen-bond acceptors (Lipinski definition) is 6. The van der Waals surface area contributed by atoms with Crippen LogP contribution in [0.5, 0.6) is 0 Å². The Labute approximate surface area is 109 Å². The van der Waals surface area contributed by atoms with Crippen LogP contribution in [0.1, 0.15) is 23.1 Å². The molecule has 2 N–H and O–H groups in total. The number of carboxylic acid groups (broad SMARTS) is 1. The number of carboxylic acids is 1. The highest BCUT2D eigenvalue weighted by atomic mass is 16.4. The van der Waals surface area contributed by atoms with Crippen molar-refractivity contribution in [2.24, 2.45) is 0 Å². The number of hydrogen-bond donors (Lipinski definition) is 2. The van der Waals surface area contributed by atoms with Crippen molar-refractivity contribution in [1.29, 1.82) is 0 Å². The maximum absolute atomic E-state index is 10.7. The normalized spacial score (nSPS) is 10.4. The molecule has 0 atom stereocenters. The Kier molecular flexibility index (Phi) is 4.01. The fraction of sp³-hybridized carbons (Fsp3) is 0.364. The highest BCUT2D eigenvalue weighted by Crippen LogP contribution is 2.01. The van der Waals surface area contributed by atoms with Gasteiger partial charge in [-0.1, -0.05) is 5.21 Å². The zero-order chi connectivity index (χ0) is 13.7. The molecule has 0 unspecified atom stereocenters. The lowest BCUT2D eigenvalue weighted by molar-refractivity contribution is 0.0690. The molecule has 2 heterocycles. The molecule has 100 valence electrons. The quantitative estimate of drug-likeness (QED) is 0.778. The molecule has 2 aromatic heterocycles. The maximum Gasteiger partial charge on any atom is 0.354 e. The summed E-state index contributed by atoms with van der Waals surface area (Å²) in [7, 11) is 0. The van der Waals surface area contributed by atoms with E-state index in [1.54, 1.807) is 4.68 Å². The third-order valence-electron chi connectivity index (χ3n) is 2.45. The summed E-state index contributed by atoms with van der Waals surface area (Å²) in [5.74, 6) is -0.779. The molecule has 0 saturated heterocycles. The number of nitrogens with zero attached hydrogens (tertiary/aromatic N) is 5. The van der Waals surface area contributed by atoms with Crippen molar-refractivity contribution in [3.63, 3.8) is 0 Å². The number of aromatic nitrogens is 5. The summed E-state index contributed by atoms with van der Waals surface area (Å²) in [5.41, 5.74) is 0.832. The Morgan fingerprint density at radius 2 is 2.37 bits per heavy atom. The molecule has 0 fully saturated rings. The van der Waals surface area contributed by atoms with Crippen LogP contribution < -0.4 is 5.32 Å². The lowest BCUT2D eigenvalue weighted by Crippen LogP contribution is -2.10. The van der Waals surface area contributed by atoms with Crippen molar-refractivity contribution in [3.8, 4) is 0 Å². The summed E-state index contributed by atoms with van der Waals surface area (Å²) in [5, 5.41) is 19.7. The molecule has 2 rings (SSSR count). The topological polar surface area (TPSA) is 106 Å². The number of aryl methyl sites for hydroxylation is 1. The predicted octanol–water partition coefficient (Wildman–Crippen LogP) is 0.441. The summed E-state index contributed by atoms with van der Waals surface area (Å²) in [6.07, 6.45) is 3.95. The van der Waals surface area contributed by atoms with Gasteiger partial charge in [0.2, 0.25) is 5.95 Å². The monoisotopic (exact) mass is 262 g/mol. The third kappa shape index (κ3) is 3.47. The van der Waals surface area contributed by atoms with Crippen molar-refractivity contribution >= 4 is 11.9 Å². The zero-order valence-electron chi connectivity index (χ0n) is 10.4. The Morgan fingerprint density at radius 1 is 1.53 bits per heavy atom. The molecule has 8 nitrogen and oxygen atoms in total. The molecule has 0 amide bonds. The molecule has 0 saturated carbocycles. The third-order valence-corrected chi connectivity index (χ3v) is 2.45. The van der Waals surface area contributed by atoms with E-state index in [0.717, 1.165) is 12.2 Å². The first kappa shape index (κ1) is 12.9. The molecule has 19 heavy (non-hydrogen) atoms. The minimum atomic E-state index is -1.07. The minimum absolute atomic E-state index is 0.0329. The van der Waals surface area contributed by atoms with Gasteiger partial charge in [-0.15, -0.1) is 5.10 Å². The van der Waals surface area contributed by atoms with Gasteiger partial charge in [0.05, 0.1) is 5.69 Å².